The van der Waals surface area contributed by atoms with Crippen LogP contribution in [0.25, 0.3) is 0 Å². The lowest BCUT2D eigenvalue weighted by Crippen LogP contribution is -2.28. The summed E-state index contributed by atoms with van der Waals surface area (Å²) in [5.41, 5.74) is 8.61. The van der Waals surface area contributed by atoms with Gasteiger partial charge in [0.1, 0.15) is 0 Å². The third kappa shape index (κ3) is 2.28. The van der Waals surface area contributed by atoms with Gasteiger partial charge in [-0.3, -0.25) is 9.58 Å². The fraction of sp³-hybridized carbons (Fsp3) is 0.750. The summed E-state index contributed by atoms with van der Waals surface area (Å²) in [4.78, 5) is 2.44. The number of aryl methyl sites for hydroxylation is 2. The van der Waals surface area contributed by atoms with Crippen LogP contribution in [-0.2, 0) is 20.0 Å². The van der Waals surface area contributed by atoms with E-state index in [1.165, 1.54) is 11.3 Å². The van der Waals surface area contributed by atoms with Crippen LogP contribution < -0.4 is 5.73 Å². The summed E-state index contributed by atoms with van der Waals surface area (Å²) in [7, 11) is 1.99. The average molecular weight is 222 g/mol. The van der Waals surface area contributed by atoms with Crippen molar-refractivity contribution in [3.8, 4) is 0 Å². The molecule has 2 heterocycles. The molecule has 1 aromatic heterocycles. The molecule has 2 N–H and O–H groups in total. The zero-order valence-corrected chi connectivity index (χ0v) is 10.5. The fourth-order valence-corrected chi connectivity index (χ4v) is 2.48. The van der Waals surface area contributed by atoms with E-state index in [4.69, 9.17) is 5.73 Å². The van der Waals surface area contributed by atoms with Crippen LogP contribution >= 0.6 is 0 Å². The molecule has 0 saturated carbocycles. The molecule has 1 aliphatic rings. The Bertz CT molecular complexity index is 348. The van der Waals surface area contributed by atoms with Crippen LogP contribution in [0.3, 0.4) is 0 Å². The van der Waals surface area contributed by atoms with Gasteiger partial charge in [-0.2, -0.15) is 5.10 Å². The summed E-state index contributed by atoms with van der Waals surface area (Å²) >= 11 is 0. The molecule has 0 aromatic carbocycles. The second-order valence-electron chi connectivity index (χ2n) is 4.96. The number of nitrogens with two attached hydrogens (primary N) is 1. The maximum absolute atomic E-state index is 6.04. The number of nitrogens with zero attached hydrogens (tertiary/aromatic N) is 3. The Morgan fingerprint density at radius 2 is 2.25 bits per heavy atom. The molecule has 2 unspecified atom stereocenters. The molecule has 16 heavy (non-hydrogen) atoms. The molecule has 0 radical (unpaired) electrons. The third-order valence-corrected chi connectivity index (χ3v) is 3.47. The van der Waals surface area contributed by atoms with Gasteiger partial charge in [-0.25, -0.2) is 0 Å². The first-order valence-corrected chi connectivity index (χ1v) is 6.09. The summed E-state index contributed by atoms with van der Waals surface area (Å²) in [6, 6.07) is 0.335. The van der Waals surface area contributed by atoms with Crippen molar-refractivity contribution in [3.63, 3.8) is 0 Å². The molecule has 0 bridgehead atoms. The van der Waals surface area contributed by atoms with Gasteiger partial charge in [0.15, 0.2) is 0 Å². The molecule has 0 aliphatic carbocycles. The van der Waals surface area contributed by atoms with Gasteiger partial charge in [-0.15, -0.1) is 0 Å². The van der Waals surface area contributed by atoms with E-state index in [1.807, 2.05) is 11.7 Å². The molecule has 1 saturated heterocycles. The number of hydrogen-bond donors (Lipinski definition) is 1. The molecule has 90 valence electrons. The largest absolute Gasteiger partial charge is 0.326 e. The van der Waals surface area contributed by atoms with Gasteiger partial charge in [0.2, 0.25) is 0 Å². The van der Waals surface area contributed by atoms with Crippen molar-refractivity contribution in [1.29, 1.82) is 0 Å². The molecular weight excluding hydrogens is 200 g/mol. The summed E-state index contributed by atoms with van der Waals surface area (Å²) < 4.78 is 1.91. The molecule has 0 spiro atoms. The van der Waals surface area contributed by atoms with Gasteiger partial charge < -0.3 is 5.73 Å². The minimum atomic E-state index is 0.335. The van der Waals surface area contributed by atoms with E-state index in [-0.39, 0.29) is 0 Å². The van der Waals surface area contributed by atoms with Crippen LogP contribution in [-0.4, -0.2) is 33.8 Å². The SMILES string of the molecule is CCc1nn(C)cc1CN1CC(C)C(N)C1. The quantitative estimate of drug-likeness (QED) is 0.821. The van der Waals surface area contributed by atoms with E-state index < -0.39 is 0 Å². The minimum Gasteiger partial charge on any atom is -0.326 e. The van der Waals surface area contributed by atoms with Crippen molar-refractivity contribution < 1.29 is 0 Å². The molecule has 1 aromatic rings. The topological polar surface area (TPSA) is 47.1 Å². The number of rotatable bonds is 3. The second kappa shape index (κ2) is 4.55. The molecule has 4 heteroatoms. The normalized spacial score (nSPS) is 26.5. The van der Waals surface area contributed by atoms with Crippen molar-refractivity contribution >= 4 is 0 Å². The molecule has 2 rings (SSSR count). The Kier molecular flexibility index (Phi) is 3.30. The van der Waals surface area contributed by atoms with Crippen LogP contribution in [0.1, 0.15) is 25.1 Å². The van der Waals surface area contributed by atoms with Crippen LogP contribution in [0.2, 0.25) is 0 Å². The lowest BCUT2D eigenvalue weighted by atomic mass is 10.1. The highest BCUT2D eigenvalue weighted by Gasteiger charge is 2.27. The van der Waals surface area contributed by atoms with Crippen molar-refractivity contribution in [2.24, 2.45) is 18.7 Å². The Morgan fingerprint density at radius 1 is 1.50 bits per heavy atom. The Hall–Kier alpha value is -0.870. The van der Waals surface area contributed by atoms with E-state index in [2.05, 4.69) is 30.0 Å². The van der Waals surface area contributed by atoms with Gasteiger partial charge in [0.05, 0.1) is 5.69 Å². The fourth-order valence-electron chi connectivity index (χ4n) is 2.48. The standard InChI is InChI=1S/C12H22N4/c1-4-12-10(6-15(3)14-12)7-16-5-9(2)11(13)8-16/h6,9,11H,4-5,7-8,13H2,1-3H3. The maximum Gasteiger partial charge on any atom is 0.0666 e. The van der Waals surface area contributed by atoms with Crippen molar-refractivity contribution in [3.05, 3.63) is 17.5 Å². The summed E-state index contributed by atoms with van der Waals surface area (Å²) in [6.45, 7) is 7.51. The summed E-state index contributed by atoms with van der Waals surface area (Å²) in [6.07, 6.45) is 3.14. The Morgan fingerprint density at radius 3 is 2.81 bits per heavy atom. The highest BCUT2D eigenvalue weighted by molar-refractivity contribution is 5.17. The predicted octanol–water partition coefficient (Wildman–Crippen LogP) is 0.762. The van der Waals surface area contributed by atoms with Crippen molar-refractivity contribution in [1.82, 2.24) is 14.7 Å². The second-order valence-corrected chi connectivity index (χ2v) is 4.96. The van der Waals surface area contributed by atoms with E-state index >= 15 is 0 Å². The Balaban J connectivity index is 2.04. The number of aromatic nitrogens is 2. The van der Waals surface area contributed by atoms with E-state index in [0.29, 0.717) is 12.0 Å². The lowest BCUT2D eigenvalue weighted by molar-refractivity contribution is 0.318. The molecule has 2 atom stereocenters. The predicted molar refractivity (Wildman–Crippen MR) is 65.0 cm³/mol. The lowest BCUT2D eigenvalue weighted by Gasteiger charge is -2.14. The molecule has 1 fully saturated rings. The van der Waals surface area contributed by atoms with E-state index in [9.17, 15) is 0 Å². The summed E-state index contributed by atoms with van der Waals surface area (Å²) in [5.74, 6) is 0.613. The van der Waals surface area contributed by atoms with Gasteiger partial charge in [-0.1, -0.05) is 13.8 Å². The van der Waals surface area contributed by atoms with E-state index in [1.54, 1.807) is 0 Å². The monoisotopic (exact) mass is 222 g/mol. The van der Waals surface area contributed by atoms with Crippen LogP contribution in [0, 0.1) is 5.92 Å². The van der Waals surface area contributed by atoms with Gasteiger partial charge in [-0.05, 0) is 12.3 Å². The zero-order valence-electron chi connectivity index (χ0n) is 10.5. The first-order valence-electron chi connectivity index (χ1n) is 6.09. The van der Waals surface area contributed by atoms with E-state index in [0.717, 1.165) is 26.1 Å². The van der Waals surface area contributed by atoms with Crippen LogP contribution in [0.5, 0.6) is 0 Å². The smallest absolute Gasteiger partial charge is 0.0666 e. The first kappa shape index (κ1) is 11.6. The zero-order chi connectivity index (χ0) is 11.7. The van der Waals surface area contributed by atoms with Gasteiger partial charge in [0.25, 0.3) is 0 Å². The minimum absolute atomic E-state index is 0.335. The average Bonchev–Trinajstić information content (AvgIpc) is 2.72. The Labute approximate surface area is 97.4 Å². The maximum atomic E-state index is 6.04. The van der Waals surface area contributed by atoms with Crippen LogP contribution in [0.4, 0.5) is 0 Å². The first-order chi connectivity index (χ1) is 7.60. The molecule has 1 aliphatic heterocycles. The highest BCUT2D eigenvalue weighted by atomic mass is 15.3. The number of hydrogen-bond acceptors (Lipinski definition) is 3. The van der Waals surface area contributed by atoms with Crippen LogP contribution in [0.15, 0.2) is 6.20 Å². The molecule has 4 nitrogen and oxygen atoms in total. The van der Waals surface area contributed by atoms with Crippen molar-refractivity contribution in [2.75, 3.05) is 13.1 Å². The van der Waals surface area contributed by atoms with Crippen molar-refractivity contribution in [2.45, 2.75) is 32.9 Å². The number of likely N-dealkylation sites (tertiary alicyclic amines) is 1. The van der Waals surface area contributed by atoms with Gasteiger partial charge in [0, 0.05) is 44.5 Å². The summed E-state index contributed by atoms with van der Waals surface area (Å²) in [5, 5.41) is 4.47. The van der Waals surface area contributed by atoms with Gasteiger partial charge >= 0.3 is 0 Å². The highest BCUT2D eigenvalue weighted by Crippen LogP contribution is 2.18. The third-order valence-electron chi connectivity index (χ3n) is 3.47. The molecule has 0 amide bonds. The molecular formula is C12H22N4.